The van der Waals surface area contributed by atoms with E-state index in [9.17, 15) is 0 Å². The first-order valence-corrected chi connectivity index (χ1v) is 9.07. The number of hydrogen-bond acceptors (Lipinski definition) is 2. The minimum absolute atomic E-state index is 0.312. The van der Waals surface area contributed by atoms with E-state index in [0.29, 0.717) is 23.4 Å². The summed E-state index contributed by atoms with van der Waals surface area (Å²) >= 11 is 2.37. The molecule has 1 N–H and O–H groups in total. The minimum Gasteiger partial charge on any atom is -0.311 e. The summed E-state index contributed by atoms with van der Waals surface area (Å²) in [7, 11) is 0. The molecule has 1 saturated heterocycles. The average molecular weight is 400 g/mol. The second kappa shape index (κ2) is 6.97. The van der Waals surface area contributed by atoms with Crippen molar-refractivity contribution in [1.29, 1.82) is 0 Å². The lowest BCUT2D eigenvalue weighted by Crippen LogP contribution is -2.61. The number of nitrogens with zero attached hydrogens (tertiary/aromatic N) is 1. The van der Waals surface area contributed by atoms with Crippen molar-refractivity contribution >= 4 is 22.6 Å². The van der Waals surface area contributed by atoms with Crippen LogP contribution in [0.15, 0.2) is 24.3 Å². The van der Waals surface area contributed by atoms with E-state index in [4.69, 9.17) is 0 Å². The van der Waals surface area contributed by atoms with Gasteiger partial charge < -0.3 is 5.32 Å². The van der Waals surface area contributed by atoms with E-state index in [1.54, 1.807) is 0 Å². The Hall–Kier alpha value is -0.130. The van der Waals surface area contributed by atoms with Gasteiger partial charge in [0.15, 0.2) is 0 Å². The van der Waals surface area contributed by atoms with Gasteiger partial charge in [0, 0.05) is 35.3 Å². The Balaban J connectivity index is 2.12. The number of piperazine rings is 1. The van der Waals surface area contributed by atoms with E-state index in [0.717, 1.165) is 19.6 Å². The molecule has 2 unspecified atom stereocenters. The summed E-state index contributed by atoms with van der Waals surface area (Å²) in [4.78, 5) is 2.68. The summed E-state index contributed by atoms with van der Waals surface area (Å²) in [5, 5.41) is 3.77. The number of nitrogens with one attached hydrogen (secondary N) is 1. The maximum Gasteiger partial charge on any atom is 0.0247 e. The van der Waals surface area contributed by atoms with Gasteiger partial charge >= 0.3 is 0 Å². The summed E-state index contributed by atoms with van der Waals surface area (Å²) in [6, 6.07) is 10.2. The summed E-state index contributed by atoms with van der Waals surface area (Å²) in [5.41, 5.74) is 1.74. The summed E-state index contributed by atoms with van der Waals surface area (Å²) < 4.78 is 1.31. The molecule has 0 aromatic heterocycles. The predicted octanol–water partition coefficient (Wildman–Crippen LogP) is 4.14. The first-order chi connectivity index (χ1) is 9.77. The molecule has 0 amide bonds. The third-order valence-electron chi connectivity index (χ3n) is 4.57. The average Bonchev–Trinajstić information content (AvgIpc) is 2.40. The lowest BCUT2D eigenvalue weighted by molar-refractivity contribution is 0.0572. The highest BCUT2D eigenvalue weighted by molar-refractivity contribution is 14.1. The van der Waals surface area contributed by atoms with Crippen LogP contribution in [0, 0.1) is 14.9 Å². The molecular weight excluding hydrogens is 371 g/mol. The van der Waals surface area contributed by atoms with Crippen molar-refractivity contribution in [3.05, 3.63) is 33.4 Å². The highest BCUT2D eigenvalue weighted by Crippen LogP contribution is 2.26. The maximum atomic E-state index is 3.77. The van der Waals surface area contributed by atoms with Crippen LogP contribution in [-0.2, 0) is 6.54 Å². The van der Waals surface area contributed by atoms with Crippen molar-refractivity contribution in [3.8, 4) is 0 Å². The number of benzene rings is 1. The Morgan fingerprint density at radius 3 is 2.38 bits per heavy atom. The molecule has 0 bridgehead atoms. The van der Waals surface area contributed by atoms with Crippen LogP contribution in [0.3, 0.4) is 0 Å². The van der Waals surface area contributed by atoms with E-state index in [-0.39, 0.29) is 0 Å². The Morgan fingerprint density at radius 2 is 1.86 bits per heavy atom. The molecule has 2 rings (SSSR count). The molecule has 0 radical (unpaired) electrons. The highest BCUT2D eigenvalue weighted by atomic mass is 127. The van der Waals surface area contributed by atoms with Crippen molar-refractivity contribution in [2.45, 2.75) is 53.2 Å². The van der Waals surface area contributed by atoms with Gasteiger partial charge in [0.2, 0.25) is 0 Å². The molecule has 1 aromatic rings. The van der Waals surface area contributed by atoms with E-state index in [2.05, 4.69) is 91.7 Å². The van der Waals surface area contributed by atoms with Gasteiger partial charge in [-0.3, -0.25) is 4.90 Å². The van der Waals surface area contributed by atoms with Crippen LogP contribution in [0.25, 0.3) is 0 Å². The summed E-state index contributed by atoms with van der Waals surface area (Å²) in [5.74, 6) is 0.683. The van der Waals surface area contributed by atoms with E-state index < -0.39 is 0 Å². The van der Waals surface area contributed by atoms with Gasteiger partial charge in [-0.1, -0.05) is 46.8 Å². The Bertz CT molecular complexity index is 447. The fraction of sp³-hybridized carbons (Fsp3) is 0.667. The van der Waals surface area contributed by atoms with Crippen LogP contribution in [-0.4, -0.2) is 30.1 Å². The number of hydrogen-bond donors (Lipinski definition) is 1. The Morgan fingerprint density at radius 1 is 1.24 bits per heavy atom. The number of rotatable bonds is 3. The van der Waals surface area contributed by atoms with Gasteiger partial charge in [0.05, 0.1) is 0 Å². The zero-order valence-electron chi connectivity index (χ0n) is 14.0. The van der Waals surface area contributed by atoms with Gasteiger partial charge in [-0.2, -0.15) is 0 Å². The third-order valence-corrected chi connectivity index (χ3v) is 5.29. The molecule has 1 aliphatic rings. The quantitative estimate of drug-likeness (QED) is 0.768. The van der Waals surface area contributed by atoms with Crippen molar-refractivity contribution in [2.75, 3.05) is 13.1 Å². The second-order valence-electron chi connectivity index (χ2n) is 7.69. The first-order valence-electron chi connectivity index (χ1n) is 7.99. The van der Waals surface area contributed by atoms with Gasteiger partial charge in [0.25, 0.3) is 0 Å². The zero-order chi connectivity index (χ0) is 15.6. The molecule has 0 aliphatic carbocycles. The van der Waals surface area contributed by atoms with E-state index in [1.807, 2.05) is 0 Å². The molecule has 118 valence electrons. The van der Waals surface area contributed by atoms with Crippen LogP contribution in [0.1, 0.15) is 40.2 Å². The molecule has 2 atom stereocenters. The SMILES string of the molecule is CC(C)C1CNC(C(C)(C)C)CN1Cc1ccc(I)cc1. The van der Waals surface area contributed by atoms with E-state index in [1.165, 1.54) is 9.13 Å². The van der Waals surface area contributed by atoms with Crippen LogP contribution in [0.2, 0.25) is 0 Å². The molecule has 0 spiro atoms. The molecule has 3 heteroatoms. The normalized spacial score (nSPS) is 24.5. The molecule has 1 heterocycles. The molecule has 2 nitrogen and oxygen atoms in total. The van der Waals surface area contributed by atoms with Crippen LogP contribution >= 0.6 is 22.6 Å². The monoisotopic (exact) mass is 400 g/mol. The smallest absolute Gasteiger partial charge is 0.0247 e. The fourth-order valence-electron chi connectivity index (χ4n) is 3.07. The molecule has 1 aromatic carbocycles. The van der Waals surface area contributed by atoms with Crippen molar-refractivity contribution in [1.82, 2.24) is 10.2 Å². The molecule has 1 fully saturated rings. The second-order valence-corrected chi connectivity index (χ2v) is 8.94. The van der Waals surface area contributed by atoms with Crippen molar-refractivity contribution in [2.24, 2.45) is 11.3 Å². The molecular formula is C18H29IN2. The van der Waals surface area contributed by atoms with Crippen LogP contribution in [0.5, 0.6) is 0 Å². The summed E-state index contributed by atoms with van der Waals surface area (Å²) in [6.45, 7) is 15.0. The standard InChI is InChI=1S/C18H29IN2/c1-13(2)16-10-20-17(18(3,4)5)12-21(16)11-14-6-8-15(19)9-7-14/h6-9,13,16-17,20H,10-12H2,1-5H3. The Labute approximate surface area is 143 Å². The lowest BCUT2D eigenvalue weighted by atomic mass is 9.83. The topological polar surface area (TPSA) is 15.3 Å². The largest absolute Gasteiger partial charge is 0.311 e. The van der Waals surface area contributed by atoms with E-state index >= 15 is 0 Å². The van der Waals surface area contributed by atoms with Crippen LogP contribution < -0.4 is 5.32 Å². The molecule has 21 heavy (non-hydrogen) atoms. The summed E-state index contributed by atoms with van der Waals surface area (Å²) in [6.07, 6.45) is 0. The highest BCUT2D eigenvalue weighted by Gasteiger charge is 2.35. The van der Waals surface area contributed by atoms with Gasteiger partial charge in [-0.25, -0.2) is 0 Å². The predicted molar refractivity (Wildman–Crippen MR) is 99.4 cm³/mol. The fourth-order valence-corrected chi connectivity index (χ4v) is 3.43. The molecule has 0 saturated carbocycles. The van der Waals surface area contributed by atoms with Crippen molar-refractivity contribution < 1.29 is 0 Å². The van der Waals surface area contributed by atoms with Crippen LogP contribution in [0.4, 0.5) is 0 Å². The van der Waals surface area contributed by atoms with Gasteiger partial charge in [0.1, 0.15) is 0 Å². The van der Waals surface area contributed by atoms with Crippen molar-refractivity contribution in [3.63, 3.8) is 0 Å². The lowest BCUT2D eigenvalue weighted by Gasteiger charge is -2.46. The van der Waals surface area contributed by atoms with Gasteiger partial charge in [-0.15, -0.1) is 0 Å². The first kappa shape index (κ1) is 17.2. The zero-order valence-corrected chi connectivity index (χ0v) is 16.1. The number of halogens is 1. The molecule has 1 aliphatic heterocycles. The Kier molecular flexibility index (Phi) is 5.71. The van der Waals surface area contributed by atoms with Gasteiger partial charge in [-0.05, 0) is 51.6 Å². The maximum absolute atomic E-state index is 3.77. The third kappa shape index (κ3) is 4.67. The minimum atomic E-state index is 0.312.